The molecular weight excluding hydrogens is 454 g/mol. The summed E-state index contributed by atoms with van der Waals surface area (Å²) >= 11 is 0. The first-order valence-corrected chi connectivity index (χ1v) is 12.0. The van der Waals surface area contributed by atoms with Gasteiger partial charge in [-0.2, -0.15) is 0 Å². The predicted octanol–water partition coefficient (Wildman–Crippen LogP) is 4.94. The van der Waals surface area contributed by atoms with E-state index in [1.807, 2.05) is 91.0 Å². The molecule has 0 radical (unpaired) electrons. The van der Waals surface area contributed by atoms with E-state index in [2.05, 4.69) is 0 Å². The van der Waals surface area contributed by atoms with Crippen molar-refractivity contribution < 1.29 is 24.2 Å². The summed E-state index contributed by atoms with van der Waals surface area (Å²) in [6, 6.07) is 28.1. The lowest BCUT2D eigenvalue weighted by atomic mass is 9.93. The Balaban J connectivity index is 1.58. The van der Waals surface area contributed by atoms with Crippen molar-refractivity contribution >= 4 is 18.0 Å². The van der Waals surface area contributed by atoms with Crippen molar-refractivity contribution in [3.05, 3.63) is 120 Å². The van der Waals surface area contributed by atoms with Crippen LogP contribution in [0.25, 0.3) is 0 Å². The zero-order valence-corrected chi connectivity index (χ0v) is 19.9. The third-order valence-corrected chi connectivity index (χ3v) is 6.32. The molecule has 2 amide bonds. The highest BCUT2D eigenvalue weighted by molar-refractivity contribution is 5.95. The van der Waals surface area contributed by atoms with Gasteiger partial charge in [0.25, 0.3) is 0 Å². The van der Waals surface area contributed by atoms with Gasteiger partial charge in [-0.15, -0.1) is 0 Å². The van der Waals surface area contributed by atoms with Crippen molar-refractivity contribution in [1.29, 1.82) is 0 Å². The number of rotatable bonds is 10. The molecule has 1 saturated heterocycles. The topological polar surface area (TPSA) is 83.9 Å². The van der Waals surface area contributed by atoms with E-state index in [0.717, 1.165) is 16.7 Å². The van der Waals surface area contributed by atoms with Gasteiger partial charge < -0.3 is 9.84 Å². The number of carboxylic acids is 1. The molecule has 6 nitrogen and oxygen atoms in total. The second kappa shape index (κ2) is 12.0. The lowest BCUT2D eigenvalue weighted by molar-refractivity contribution is -0.140. The lowest BCUT2D eigenvalue weighted by Gasteiger charge is -2.24. The Bertz CT molecular complexity index is 1190. The Kier molecular flexibility index (Phi) is 8.29. The Morgan fingerprint density at radius 2 is 1.28 bits per heavy atom. The van der Waals surface area contributed by atoms with Crippen LogP contribution in [0.1, 0.15) is 16.7 Å². The van der Waals surface area contributed by atoms with Crippen LogP contribution in [-0.4, -0.2) is 40.6 Å². The third kappa shape index (κ3) is 6.48. The van der Waals surface area contributed by atoms with E-state index in [9.17, 15) is 19.5 Å². The van der Waals surface area contributed by atoms with Gasteiger partial charge >= 0.3 is 12.1 Å². The zero-order valence-electron chi connectivity index (χ0n) is 19.9. The van der Waals surface area contributed by atoms with Crippen LogP contribution in [-0.2, 0) is 33.6 Å². The summed E-state index contributed by atoms with van der Waals surface area (Å²) in [6.45, 7) is 0.132. The number of carbonyl (C=O) groups excluding carboxylic acids is 2. The summed E-state index contributed by atoms with van der Waals surface area (Å²) in [7, 11) is 0. The minimum absolute atomic E-state index is 0.132. The van der Waals surface area contributed by atoms with E-state index < -0.39 is 29.9 Å². The molecule has 3 atom stereocenters. The molecule has 1 fully saturated rings. The van der Waals surface area contributed by atoms with Gasteiger partial charge in [0.15, 0.2) is 0 Å². The number of ether oxygens (including phenoxy) is 1. The van der Waals surface area contributed by atoms with Crippen molar-refractivity contribution in [2.24, 2.45) is 11.8 Å². The molecule has 3 aromatic rings. The van der Waals surface area contributed by atoms with E-state index in [4.69, 9.17) is 4.74 Å². The molecule has 0 spiro atoms. The smallest absolute Gasteiger partial charge is 0.417 e. The van der Waals surface area contributed by atoms with Crippen LogP contribution in [0.3, 0.4) is 0 Å². The largest absolute Gasteiger partial charge is 0.481 e. The molecule has 184 valence electrons. The number of imide groups is 1. The normalized spacial score (nSPS) is 17.1. The number of hydrogen-bond acceptors (Lipinski definition) is 4. The monoisotopic (exact) mass is 483 g/mol. The predicted molar refractivity (Wildman–Crippen MR) is 136 cm³/mol. The van der Waals surface area contributed by atoms with Gasteiger partial charge in [-0.3, -0.25) is 9.59 Å². The fraction of sp³-hybridized carbons (Fsp3) is 0.233. The molecule has 0 saturated carbocycles. The molecule has 2 unspecified atom stereocenters. The maximum Gasteiger partial charge on any atom is 0.417 e. The van der Waals surface area contributed by atoms with E-state index in [-0.39, 0.29) is 12.5 Å². The first kappa shape index (κ1) is 24.9. The second-order valence-corrected chi connectivity index (χ2v) is 8.94. The summed E-state index contributed by atoms with van der Waals surface area (Å²) in [5, 5.41) is 9.81. The first-order chi connectivity index (χ1) is 17.5. The van der Waals surface area contributed by atoms with E-state index in [1.54, 1.807) is 12.2 Å². The molecule has 3 aromatic carbocycles. The standard InChI is InChI=1S/C30H29NO5/c32-28(31-27(21-36-30(31)35)20-24-14-8-3-9-15-24)25(18-22-10-4-1-5-11-22)16-17-26(29(33)34)19-23-12-6-2-7-13-23/h1-17,25-27H,18-21H2,(H,33,34)/b17-16+/t25?,26?,27-/m0/s1. The van der Waals surface area contributed by atoms with Gasteiger partial charge in [0, 0.05) is 0 Å². The summed E-state index contributed by atoms with van der Waals surface area (Å²) in [4.78, 5) is 39.5. The maximum absolute atomic E-state index is 13.7. The van der Waals surface area contributed by atoms with Crippen molar-refractivity contribution in [3.63, 3.8) is 0 Å². The van der Waals surface area contributed by atoms with Gasteiger partial charge in [0.2, 0.25) is 5.91 Å². The fourth-order valence-corrected chi connectivity index (χ4v) is 4.43. The van der Waals surface area contributed by atoms with Crippen LogP contribution in [0.4, 0.5) is 4.79 Å². The number of aliphatic carboxylic acids is 1. The summed E-state index contributed by atoms with van der Waals surface area (Å²) in [5.41, 5.74) is 2.82. The first-order valence-electron chi connectivity index (χ1n) is 12.0. The van der Waals surface area contributed by atoms with Crippen molar-refractivity contribution in [2.75, 3.05) is 6.61 Å². The van der Waals surface area contributed by atoms with Gasteiger partial charge in [-0.05, 0) is 36.0 Å². The van der Waals surface area contributed by atoms with Gasteiger partial charge in [0.1, 0.15) is 6.61 Å². The summed E-state index contributed by atoms with van der Waals surface area (Å²) in [6.07, 6.45) is 3.70. The van der Waals surface area contributed by atoms with E-state index in [0.29, 0.717) is 19.3 Å². The number of carboxylic acid groups (broad SMARTS) is 1. The average molecular weight is 484 g/mol. The summed E-state index contributed by atoms with van der Waals surface area (Å²) < 4.78 is 5.26. The van der Waals surface area contributed by atoms with Gasteiger partial charge in [-0.25, -0.2) is 9.69 Å². The van der Waals surface area contributed by atoms with E-state index in [1.165, 1.54) is 4.90 Å². The molecule has 1 N–H and O–H groups in total. The van der Waals surface area contributed by atoms with Crippen LogP contribution in [0, 0.1) is 11.8 Å². The van der Waals surface area contributed by atoms with Crippen molar-refractivity contribution in [3.8, 4) is 0 Å². The van der Waals surface area contributed by atoms with Crippen LogP contribution in [0.2, 0.25) is 0 Å². The molecule has 0 aliphatic carbocycles. The quantitative estimate of drug-likeness (QED) is 0.413. The number of carbonyl (C=O) groups is 3. The second-order valence-electron chi connectivity index (χ2n) is 8.94. The maximum atomic E-state index is 13.7. The molecular formula is C30H29NO5. The lowest BCUT2D eigenvalue weighted by Crippen LogP contribution is -2.43. The highest BCUT2D eigenvalue weighted by Crippen LogP contribution is 2.23. The molecule has 1 aliphatic rings. The van der Waals surface area contributed by atoms with Crippen LogP contribution >= 0.6 is 0 Å². The van der Waals surface area contributed by atoms with Crippen LogP contribution in [0.5, 0.6) is 0 Å². The van der Waals surface area contributed by atoms with Crippen molar-refractivity contribution in [1.82, 2.24) is 4.90 Å². The molecule has 1 aliphatic heterocycles. The van der Waals surface area contributed by atoms with Gasteiger partial charge in [-0.1, -0.05) is 103 Å². The number of benzene rings is 3. The number of cyclic esters (lactones) is 1. The van der Waals surface area contributed by atoms with Crippen molar-refractivity contribution in [2.45, 2.75) is 25.3 Å². The average Bonchev–Trinajstić information content (AvgIpc) is 3.26. The summed E-state index contributed by atoms with van der Waals surface area (Å²) in [5.74, 6) is -2.87. The SMILES string of the molecule is O=C(O)C(/C=C/C(Cc1ccccc1)C(=O)N1C(=O)OC[C@@H]1Cc1ccccc1)Cc1ccccc1. The Morgan fingerprint density at radius 1 is 0.806 bits per heavy atom. The zero-order chi connectivity index (χ0) is 25.3. The third-order valence-electron chi connectivity index (χ3n) is 6.32. The van der Waals surface area contributed by atoms with Crippen LogP contribution < -0.4 is 0 Å². The minimum Gasteiger partial charge on any atom is -0.481 e. The number of amides is 2. The Hall–Kier alpha value is -4.19. The Morgan fingerprint density at radius 3 is 1.81 bits per heavy atom. The molecule has 0 bridgehead atoms. The molecule has 1 heterocycles. The highest BCUT2D eigenvalue weighted by Gasteiger charge is 2.40. The number of hydrogen-bond donors (Lipinski definition) is 1. The van der Waals surface area contributed by atoms with Gasteiger partial charge in [0.05, 0.1) is 17.9 Å². The Labute approximate surface area is 210 Å². The minimum atomic E-state index is -0.969. The highest BCUT2D eigenvalue weighted by atomic mass is 16.6. The molecule has 0 aromatic heterocycles. The van der Waals surface area contributed by atoms with E-state index >= 15 is 0 Å². The van der Waals surface area contributed by atoms with Crippen LogP contribution in [0.15, 0.2) is 103 Å². The molecule has 4 rings (SSSR count). The molecule has 36 heavy (non-hydrogen) atoms. The fourth-order valence-electron chi connectivity index (χ4n) is 4.43. The molecule has 6 heteroatoms. The number of nitrogens with zero attached hydrogens (tertiary/aromatic N) is 1.